The number of sulfone groups is 1. The molecule has 170 valence electrons. The quantitative estimate of drug-likeness (QED) is 0.515. The molecule has 0 amide bonds. The van der Waals surface area contributed by atoms with E-state index in [9.17, 15) is 21.6 Å². The molecule has 1 aliphatic rings. The molecule has 2 aromatic heterocycles. The Balaban J connectivity index is 1.68. The Morgan fingerprint density at radius 3 is 2.59 bits per heavy atom. The lowest BCUT2D eigenvalue weighted by Crippen LogP contribution is -2.22. The first-order chi connectivity index (χ1) is 15.1. The lowest BCUT2D eigenvalue weighted by Gasteiger charge is -2.23. The van der Waals surface area contributed by atoms with E-state index in [-0.39, 0.29) is 34.7 Å². The standard InChI is InChI=1S/C21H20ClF3N4O2S/c1-11-27-20(26-10-13-3-2-4-14(17(13)23)19(24)25)16-9-15(18(22)29-21(16)28-11)12-5-7-32(30,31)8-6-12/h2-4,9,12,19H,5-8,10H2,1H3,(H,26,27,28,29). The molecule has 0 unspecified atom stereocenters. The molecule has 3 aromatic rings. The van der Waals surface area contributed by atoms with Crippen LogP contribution in [0.5, 0.6) is 0 Å². The summed E-state index contributed by atoms with van der Waals surface area (Å²) in [6.07, 6.45) is -2.03. The molecule has 0 aliphatic carbocycles. The van der Waals surface area contributed by atoms with Gasteiger partial charge in [0.25, 0.3) is 6.43 Å². The van der Waals surface area contributed by atoms with Crippen molar-refractivity contribution in [1.29, 1.82) is 0 Å². The zero-order chi connectivity index (χ0) is 23.0. The van der Waals surface area contributed by atoms with Crippen LogP contribution in [0.2, 0.25) is 5.15 Å². The Labute approximate surface area is 188 Å². The average Bonchev–Trinajstić information content (AvgIpc) is 2.72. The normalized spacial score (nSPS) is 16.6. The zero-order valence-electron chi connectivity index (χ0n) is 17.1. The number of benzene rings is 1. The molecule has 0 bridgehead atoms. The smallest absolute Gasteiger partial charge is 0.266 e. The van der Waals surface area contributed by atoms with Gasteiger partial charge in [-0.1, -0.05) is 29.8 Å². The van der Waals surface area contributed by atoms with Crippen molar-refractivity contribution in [2.24, 2.45) is 0 Å². The van der Waals surface area contributed by atoms with Gasteiger partial charge in [-0.25, -0.2) is 36.5 Å². The fourth-order valence-corrected chi connectivity index (χ4v) is 5.64. The highest BCUT2D eigenvalue weighted by atomic mass is 35.5. The van der Waals surface area contributed by atoms with Gasteiger partial charge < -0.3 is 5.32 Å². The summed E-state index contributed by atoms with van der Waals surface area (Å²) in [7, 11) is -3.04. The molecule has 1 aliphatic heterocycles. The predicted octanol–water partition coefficient (Wildman–Crippen LogP) is 4.97. The maximum absolute atomic E-state index is 14.4. The highest BCUT2D eigenvalue weighted by Gasteiger charge is 2.27. The Hall–Kier alpha value is -2.46. The summed E-state index contributed by atoms with van der Waals surface area (Å²) >= 11 is 6.39. The Morgan fingerprint density at radius 2 is 1.91 bits per heavy atom. The number of anilines is 1. The Bertz CT molecular complexity index is 1270. The van der Waals surface area contributed by atoms with Crippen molar-refractivity contribution in [3.8, 4) is 0 Å². The number of nitrogens with one attached hydrogen (secondary N) is 1. The second kappa shape index (κ2) is 8.82. The lowest BCUT2D eigenvalue weighted by atomic mass is 9.94. The molecule has 1 aromatic carbocycles. The highest BCUT2D eigenvalue weighted by molar-refractivity contribution is 7.91. The van der Waals surface area contributed by atoms with E-state index >= 15 is 0 Å². The number of fused-ring (bicyclic) bond motifs is 1. The monoisotopic (exact) mass is 484 g/mol. The van der Waals surface area contributed by atoms with Crippen LogP contribution in [0, 0.1) is 12.7 Å². The lowest BCUT2D eigenvalue weighted by molar-refractivity contribution is 0.146. The summed E-state index contributed by atoms with van der Waals surface area (Å²) in [5.41, 5.74) is 0.456. The number of aryl methyl sites for hydroxylation is 1. The molecule has 0 spiro atoms. The number of alkyl halides is 2. The van der Waals surface area contributed by atoms with E-state index in [1.165, 1.54) is 12.1 Å². The average molecular weight is 485 g/mol. The first-order valence-corrected chi connectivity index (χ1v) is 12.2. The van der Waals surface area contributed by atoms with Crippen LogP contribution >= 0.6 is 11.6 Å². The number of pyridine rings is 1. The topological polar surface area (TPSA) is 84.8 Å². The summed E-state index contributed by atoms with van der Waals surface area (Å²) in [6.45, 7) is 1.59. The van der Waals surface area contributed by atoms with Crippen LogP contribution in [-0.4, -0.2) is 34.9 Å². The number of aromatic nitrogens is 3. The third-order valence-corrected chi connectivity index (χ3v) is 7.58. The van der Waals surface area contributed by atoms with Gasteiger partial charge in [0.15, 0.2) is 5.65 Å². The van der Waals surface area contributed by atoms with Crippen molar-refractivity contribution in [3.63, 3.8) is 0 Å². The van der Waals surface area contributed by atoms with Crippen molar-refractivity contribution in [2.45, 2.75) is 38.7 Å². The van der Waals surface area contributed by atoms with Crippen LogP contribution in [0.1, 0.15) is 47.7 Å². The molecule has 0 radical (unpaired) electrons. The molecule has 3 heterocycles. The SMILES string of the molecule is Cc1nc(NCc2cccc(C(F)F)c2F)c2cc(C3CCS(=O)(=O)CC3)c(Cl)nc2n1. The first kappa shape index (κ1) is 22.7. The number of hydrogen-bond acceptors (Lipinski definition) is 6. The first-order valence-electron chi connectivity index (χ1n) is 9.99. The molecular weight excluding hydrogens is 465 g/mol. The van der Waals surface area contributed by atoms with Gasteiger partial charge >= 0.3 is 0 Å². The van der Waals surface area contributed by atoms with Gasteiger partial charge in [-0.2, -0.15) is 0 Å². The minimum absolute atomic E-state index is 0.0718. The second-order valence-electron chi connectivity index (χ2n) is 7.76. The number of halogens is 4. The summed E-state index contributed by atoms with van der Waals surface area (Å²) in [4.78, 5) is 13.0. The van der Waals surface area contributed by atoms with E-state index < -0.39 is 27.6 Å². The van der Waals surface area contributed by atoms with E-state index in [0.29, 0.717) is 41.1 Å². The van der Waals surface area contributed by atoms with Gasteiger partial charge in [0, 0.05) is 12.1 Å². The maximum Gasteiger partial charge on any atom is 0.266 e. The van der Waals surface area contributed by atoms with E-state index in [2.05, 4.69) is 20.3 Å². The molecule has 0 saturated carbocycles. The van der Waals surface area contributed by atoms with Crippen molar-refractivity contribution < 1.29 is 21.6 Å². The van der Waals surface area contributed by atoms with Crippen molar-refractivity contribution in [1.82, 2.24) is 15.0 Å². The van der Waals surface area contributed by atoms with Crippen LogP contribution in [0.3, 0.4) is 0 Å². The van der Waals surface area contributed by atoms with Gasteiger partial charge in [0.2, 0.25) is 0 Å². The molecule has 1 saturated heterocycles. The summed E-state index contributed by atoms with van der Waals surface area (Å²) in [5, 5.41) is 3.79. The fourth-order valence-electron chi connectivity index (χ4n) is 3.86. The van der Waals surface area contributed by atoms with Crippen LogP contribution < -0.4 is 5.32 Å². The largest absolute Gasteiger partial charge is 0.365 e. The Kier molecular flexibility index (Phi) is 6.26. The summed E-state index contributed by atoms with van der Waals surface area (Å²) < 4.78 is 64.0. The minimum atomic E-state index is -3.04. The molecule has 0 atom stereocenters. The molecule has 32 heavy (non-hydrogen) atoms. The van der Waals surface area contributed by atoms with Crippen molar-refractivity contribution in [3.05, 3.63) is 57.8 Å². The molecule has 4 rings (SSSR count). The number of rotatable bonds is 5. The molecule has 1 fully saturated rings. The van der Waals surface area contributed by atoms with Gasteiger partial charge in [0.1, 0.15) is 32.4 Å². The maximum atomic E-state index is 14.4. The van der Waals surface area contributed by atoms with E-state index in [0.717, 1.165) is 6.07 Å². The third kappa shape index (κ3) is 4.66. The third-order valence-electron chi connectivity index (χ3n) is 5.56. The van der Waals surface area contributed by atoms with E-state index in [1.54, 1.807) is 13.0 Å². The zero-order valence-corrected chi connectivity index (χ0v) is 18.7. The molecular formula is C21H20ClF3N4O2S. The fraction of sp³-hybridized carbons (Fsp3) is 0.381. The van der Waals surface area contributed by atoms with Gasteiger partial charge in [-0.3, -0.25) is 0 Å². The van der Waals surface area contributed by atoms with Gasteiger partial charge in [-0.15, -0.1) is 0 Å². The Morgan fingerprint density at radius 1 is 1.19 bits per heavy atom. The van der Waals surface area contributed by atoms with E-state index in [1.807, 2.05) is 0 Å². The van der Waals surface area contributed by atoms with Gasteiger partial charge in [-0.05, 0) is 37.3 Å². The van der Waals surface area contributed by atoms with Crippen molar-refractivity contribution >= 4 is 38.3 Å². The van der Waals surface area contributed by atoms with Crippen LogP contribution in [0.4, 0.5) is 19.0 Å². The van der Waals surface area contributed by atoms with Crippen LogP contribution in [0.25, 0.3) is 11.0 Å². The predicted molar refractivity (Wildman–Crippen MR) is 116 cm³/mol. The van der Waals surface area contributed by atoms with Crippen molar-refractivity contribution in [2.75, 3.05) is 16.8 Å². The number of nitrogens with zero attached hydrogens (tertiary/aromatic N) is 3. The highest BCUT2D eigenvalue weighted by Crippen LogP contribution is 2.36. The molecule has 11 heteroatoms. The van der Waals surface area contributed by atoms with E-state index in [4.69, 9.17) is 11.6 Å². The van der Waals surface area contributed by atoms with Gasteiger partial charge in [0.05, 0.1) is 22.5 Å². The molecule has 1 N–H and O–H groups in total. The minimum Gasteiger partial charge on any atom is -0.365 e. The van der Waals surface area contributed by atoms with Crippen LogP contribution in [0.15, 0.2) is 24.3 Å². The number of hydrogen-bond donors (Lipinski definition) is 1. The summed E-state index contributed by atoms with van der Waals surface area (Å²) in [6, 6.07) is 5.63. The molecule has 6 nitrogen and oxygen atoms in total. The van der Waals surface area contributed by atoms with Crippen LogP contribution in [-0.2, 0) is 16.4 Å². The second-order valence-corrected chi connectivity index (χ2v) is 10.4. The summed E-state index contributed by atoms with van der Waals surface area (Å²) in [5.74, 6) is -0.0968.